The topological polar surface area (TPSA) is 104 Å². The molecule has 1 saturated heterocycles. The Morgan fingerprint density at radius 3 is 2.30 bits per heavy atom. The van der Waals surface area contributed by atoms with Gasteiger partial charge in [0.2, 0.25) is 26.0 Å². The fraction of sp³-hybridized carbons (Fsp3) is 0.632. The van der Waals surface area contributed by atoms with Crippen LogP contribution in [0.3, 0.4) is 0 Å². The number of thioether (sulfide) groups is 1. The second-order valence-electron chi connectivity index (χ2n) is 7.35. The molecule has 0 aromatic heterocycles. The Balaban J connectivity index is 2.09. The Kier molecular flexibility index (Phi) is 8.75. The van der Waals surface area contributed by atoms with Crippen LogP contribution in [-0.2, 0) is 24.8 Å². The second kappa shape index (κ2) is 10.4. The zero-order chi connectivity index (χ0) is 22.5. The summed E-state index contributed by atoms with van der Waals surface area (Å²) >= 11 is 1.54. The highest BCUT2D eigenvalue weighted by atomic mass is 32.2. The molecule has 11 heteroatoms. The van der Waals surface area contributed by atoms with E-state index in [1.807, 2.05) is 19.2 Å². The van der Waals surface area contributed by atoms with E-state index in [4.69, 9.17) is 0 Å². The van der Waals surface area contributed by atoms with E-state index < -0.39 is 26.1 Å². The molecule has 170 valence electrons. The third-order valence-electron chi connectivity index (χ3n) is 5.11. The Hall–Kier alpha value is -1.14. The van der Waals surface area contributed by atoms with Gasteiger partial charge in [-0.05, 0) is 50.8 Å². The monoisotopic (exact) mass is 477 g/mol. The van der Waals surface area contributed by atoms with Gasteiger partial charge in [-0.3, -0.25) is 4.79 Å². The molecule has 1 fully saturated rings. The van der Waals surface area contributed by atoms with E-state index in [-0.39, 0.29) is 42.7 Å². The summed E-state index contributed by atoms with van der Waals surface area (Å²) in [5.41, 5.74) is 1.69. The van der Waals surface area contributed by atoms with Gasteiger partial charge in [-0.15, -0.1) is 0 Å². The SMILES string of the molecule is CCS(=O)(=O)NC(CCSC)C(=O)N1CCN(S(=O)(=O)c2ccc(C)cc2C)CC1. The predicted molar refractivity (Wildman–Crippen MR) is 121 cm³/mol. The maximum atomic E-state index is 13.0. The highest BCUT2D eigenvalue weighted by molar-refractivity contribution is 7.98. The van der Waals surface area contributed by atoms with Gasteiger partial charge in [0.1, 0.15) is 6.04 Å². The Morgan fingerprint density at radius 2 is 1.77 bits per heavy atom. The molecule has 8 nitrogen and oxygen atoms in total. The van der Waals surface area contributed by atoms with Crippen LogP contribution in [0.5, 0.6) is 0 Å². The first-order valence-corrected chi connectivity index (χ1v) is 14.4. The van der Waals surface area contributed by atoms with Crippen molar-refractivity contribution in [2.24, 2.45) is 0 Å². The minimum atomic E-state index is -3.65. The molecular weight excluding hydrogens is 446 g/mol. The molecule has 1 amide bonds. The summed E-state index contributed by atoms with van der Waals surface area (Å²) in [5, 5.41) is 0. The number of sulfonamides is 2. The number of rotatable bonds is 9. The fourth-order valence-corrected chi connectivity index (χ4v) is 6.28. The van der Waals surface area contributed by atoms with Crippen LogP contribution in [0.15, 0.2) is 23.1 Å². The summed E-state index contributed by atoms with van der Waals surface area (Å²) in [5.74, 6) is 0.242. The van der Waals surface area contributed by atoms with Crippen LogP contribution in [0, 0.1) is 13.8 Å². The van der Waals surface area contributed by atoms with Crippen LogP contribution in [0.4, 0.5) is 0 Å². The Bertz CT molecular complexity index is 956. The molecule has 1 aliphatic heterocycles. The van der Waals surface area contributed by atoms with Crippen molar-refractivity contribution in [3.63, 3.8) is 0 Å². The summed E-state index contributed by atoms with van der Waals surface area (Å²) < 4.78 is 53.9. The number of hydrogen-bond donors (Lipinski definition) is 1. The number of piperazine rings is 1. The lowest BCUT2D eigenvalue weighted by atomic mass is 10.2. The molecule has 0 aliphatic carbocycles. The van der Waals surface area contributed by atoms with Gasteiger partial charge in [-0.2, -0.15) is 16.1 Å². The molecule has 1 N–H and O–H groups in total. The van der Waals surface area contributed by atoms with Gasteiger partial charge in [0.15, 0.2) is 0 Å². The number of benzene rings is 1. The number of hydrogen-bond acceptors (Lipinski definition) is 6. The molecule has 1 heterocycles. The van der Waals surface area contributed by atoms with Gasteiger partial charge < -0.3 is 4.90 Å². The van der Waals surface area contributed by atoms with Crippen molar-refractivity contribution in [1.82, 2.24) is 13.9 Å². The first kappa shape index (κ1) is 25.1. The molecule has 1 aromatic carbocycles. The highest BCUT2D eigenvalue weighted by Crippen LogP contribution is 2.22. The van der Waals surface area contributed by atoms with Crippen molar-refractivity contribution in [2.45, 2.75) is 38.1 Å². The third-order valence-corrected chi connectivity index (χ3v) is 9.22. The average molecular weight is 478 g/mol. The van der Waals surface area contributed by atoms with Crippen molar-refractivity contribution in [3.05, 3.63) is 29.3 Å². The van der Waals surface area contributed by atoms with Crippen LogP contribution in [0.2, 0.25) is 0 Å². The quantitative estimate of drug-likeness (QED) is 0.573. The number of amides is 1. The number of nitrogens with zero attached hydrogens (tertiary/aromatic N) is 2. The minimum absolute atomic E-state index is 0.0992. The van der Waals surface area contributed by atoms with Crippen molar-refractivity contribution in [2.75, 3.05) is 43.9 Å². The molecule has 1 atom stereocenters. The summed E-state index contributed by atoms with van der Waals surface area (Å²) in [6.07, 6.45) is 2.28. The van der Waals surface area contributed by atoms with E-state index >= 15 is 0 Å². The van der Waals surface area contributed by atoms with E-state index in [2.05, 4.69) is 4.72 Å². The summed E-state index contributed by atoms with van der Waals surface area (Å²) in [4.78, 5) is 14.8. The summed E-state index contributed by atoms with van der Waals surface area (Å²) in [7, 11) is -7.17. The third kappa shape index (κ3) is 6.19. The molecule has 1 aliphatic rings. The van der Waals surface area contributed by atoms with Gasteiger partial charge in [-0.1, -0.05) is 17.7 Å². The zero-order valence-electron chi connectivity index (χ0n) is 17.9. The molecule has 0 radical (unpaired) electrons. The summed E-state index contributed by atoms with van der Waals surface area (Å²) in [6, 6.07) is 4.40. The maximum absolute atomic E-state index is 13.0. The van der Waals surface area contributed by atoms with Crippen LogP contribution in [0.1, 0.15) is 24.5 Å². The minimum Gasteiger partial charge on any atom is -0.339 e. The van der Waals surface area contributed by atoms with Crippen molar-refractivity contribution < 1.29 is 21.6 Å². The first-order chi connectivity index (χ1) is 14.0. The molecule has 1 unspecified atom stereocenters. The number of aryl methyl sites for hydroxylation is 2. The highest BCUT2D eigenvalue weighted by Gasteiger charge is 2.34. The Labute approximate surface area is 184 Å². The fourth-order valence-electron chi connectivity index (χ4n) is 3.37. The van der Waals surface area contributed by atoms with Gasteiger partial charge >= 0.3 is 0 Å². The number of nitrogens with one attached hydrogen (secondary N) is 1. The average Bonchev–Trinajstić information content (AvgIpc) is 2.70. The molecule has 0 saturated carbocycles. The van der Waals surface area contributed by atoms with Crippen LogP contribution in [0.25, 0.3) is 0 Å². The largest absolute Gasteiger partial charge is 0.339 e. The lowest BCUT2D eigenvalue weighted by Gasteiger charge is -2.36. The van der Waals surface area contributed by atoms with Gasteiger partial charge in [0.25, 0.3) is 0 Å². The number of carbonyl (C=O) groups excluding carboxylic acids is 1. The Morgan fingerprint density at radius 1 is 1.13 bits per heavy atom. The predicted octanol–water partition coefficient (Wildman–Crippen LogP) is 1.20. The second-order valence-corrected chi connectivity index (χ2v) is 12.3. The first-order valence-electron chi connectivity index (χ1n) is 9.87. The maximum Gasteiger partial charge on any atom is 0.243 e. The van der Waals surface area contributed by atoms with E-state index in [9.17, 15) is 21.6 Å². The van der Waals surface area contributed by atoms with Crippen LogP contribution >= 0.6 is 11.8 Å². The molecule has 0 bridgehead atoms. The molecule has 0 spiro atoms. The lowest BCUT2D eigenvalue weighted by molar-refractivity contribution is -0.134. The standard InChI is InChI=1S/C19H31N3O5S3/c1-5-29(24,25)20-17(8-13-28-4)19(23)21-9-11-22(12-10-21)30(26,27)18-7-6-15(2)14-16(18)3/h6-7,14,17,20H,5,8-13H2,1-4H3. The molecular formula is C19H31N3O5S3. The van der Waals surface area contributed by atoms with Crippen molar-refractivity contribution in [3.8, 4) is 0 Å². The number of carbonyl (C=O) groups is 1. The van der Waals surface area contributed by atoms with E-state index in [1.165, 1.54) is 23.0 Å². The summed E-state index contributed by atoms with van der Waals surface area (Å²) in [6.45, 7) is 6.02. The molecule has 30 heavy (non-hydrogen) atoms. The normalized spacial score (nSPS) is 17.1. The van der Waals surface area contributed by atoms with Gasteiger partial charge in [0.05, 0.1) is 10.6 Å². The van der Waals surface area contributed by atoms with Gasteiger partial charge in [0, 0.05) is 26.2 Å². The van der Waals surface area contributed by atoms with E-state index in [0.717, 1.165) is 5.56 Å². The van der Waals surface area contributed by atoms with E-state index in [1.54, 1.807) is 24.0 Å². The van der Waals surface area contributed by atoms with Crippen LogP contribution < -0.4 is 4.72 Å². The lowest BCUT2D eigenvalue weighted by Crippen LogP contribution is -2.56. The molecule has 1 aromatic rings. The van der Waals surface area contributed by atoms with E-state index in [0.29, 0.717) is 17.7 Å². The zero-order valence-corrected chi connectivity index (χ0v) is 20.4. The van der Waals surface area contributed by atoms with Crippen molar-refractivity contribution >= 4 is 37.7 Å². The van der Waals surface area contributed by atoms with Gasteiger partial charge in [-0.25, -0.2) is 21.6 Å². The van der Waals surface area contributed by atoms with Crippen molar-refractivity contribution in [1.29, 1.82) is 0 Å². The molecule has 2 rings (SSSR count). The smallest absolute Gasteiger partial charge is 0.243 e. The van der Waals surface area contributed by atoms with Crippen LogP contribution in [-0.4, -0.2) is 81.9 Å².